The van der Waals surface area contributed by atoms with Gasteiger partial charge in [0, 0.05) is 0 Å². The Balaban J connectivity index is 2.26. The molecule has 1 saturated carbocycles. The van der Waals surface area contributed by atoms with Crippen molar-refractivity contribution in [3.63, 3.8) is 0 Å². The molecule has 2 saturated heterocycles. The zero-order valence-electron chi connectivity index (χ0n) is 8.13. The number of ether oxygens (including phenoxy) is 1. The van der Waals surface area contributed by atoms with E-state index in [2.05, 4.69) is 13.8 Å². The Labute approximate surface area is 73.9 Å². The van der Waals surface area contributed by atoms with Crippen molar-refractivity contribution in [2.75, 3.05) is 0 Å². The number of hydrogen-bond donors (Lipinski definition) is 1. The lowest BCUT2D eigenvalue weighted by Crippen LogP contribution is -2.61. The van der Waals surface area contributed by atoms with E-state index in [4.69, 9.17) is 4.74 Å². The third-order valence-corrected chi connectivity index (χ3v) is 3.68. The summed E-state index contributed by atoms with van der Waals surface area (Å²) < 4.78 is 5.92. The van der Waals surface area contributed by atoms with E-state index in [1.807, 2.05) is 6.92 Å². The lowest BCUT2D eigenvalue weighted by molar-refractivity contribution is -0.273. The molecule has 0 aromatic heterocycles. The quantitative estimate of drug-likeness (QED) is 0.599. The molecule has 0 spiro atoms. The maximum absolute atomic E-state index is 9.77. The van der Waals surface area contributed by atoms with Gasteiger partial charge in [0.25, 0.3) is 0 Å². The Morgan fingerprint density at radius 2 is 2.00 bits per heavy atom. The minimum Gasteiger partial charge on any atom is -0.390 e. The third kappa shape index (κ3) is 1.01. The summed E-state index contributed by atoms with van der Waals surface area (Å²) in [6.45, 7) is 6.32. The molecule has 0 aromatic carbocycles. The molecule has 1 N–H and O–H groups in total. The number of fused-ring (bicyclic) bond motifs is 3. The molecule has 3 atom stereocenters. The van der Waals surface area contributed by atoms with Gasteiger partial charge in [0.2, 0.25) is 0 Å². The third-order valence-electron chi connectivity index (χ3n) is 3.68. The Hall–Kier alpha value is -0.0800. The van der Waals surface area contributed by atoms with Crippen LogP contribution in [0.1, 0.15) is 40.0 Å². The second-order valence-electron chi connectivity index (χ2n) is 5.01. The van der Waals surface area contributed by atoms with Crippen LogP contribution in [0.3, 0.4) is 0 Å². The Morgan fingerprint density at radius 1 is 1.33 bits per heavy atom. The predicted octanol–water partition coefficient (Wildman–Crippen LogP) is 1.71. The molecule has 2 bridgehead atoms. The maximum Gasteiger partial charge on any atom is 0.0919 e. The van der Waals surface area contributed by atoms with Gasteiger partial charge < -0.3 is 9.84 Å². The summed E-state index contributed by atoms with van der Waals surface area (Å²) in [6, 6.07) is 0. The average molecular weight is 170 g/mol. The molecular weight excluding hydrogens is 152 g/mol. The SMILES string of the molecule is CC1(C)O[C@]2(C)CCC1C[C@@H]2O. The summed E-state index contributed by atoms with van der Waals surface area (Å²) >= 11 is 0. The Morgan fingerprint density at radius 3 is 2.33 bits per heavy atom. The molecule has 3 aliphatic rings. The minimum atomic E-state index is -0.266. The largest absolute Gasteiger partial charge is 0.390 e. The van der Waals surface area contributed by atoms with Gasteiger partial charge in [-0.05, 0) is 46.0 Å². The highest BCUT2D eigenvalue weighted by Crippen LogP contribution is 2.49. The van der Waals surface area contributed by atoms with Crippen molar-refractivity contribution >= 4 is 0 Å². The molecule has 2 nitrogen and oxygen atoms in total. The molecule has 3 fully saturated rings. The fraction of sp³-hybridized carbons (Fsp3) is 1.00. The van der Waals surface area contributed by atoms with Gasteiger partial charge in [0.05, 0.1) is 17.3 Å². The molecule has 0 radical (unpaired) electrons. The van der Waals surface area contributed by atoms with Crippen molar-refractivity contribution in [1.82, 2.24) is 0 Å². The molecule has 3 rings (SSSR count). The van der Waals surface area contributed by atoms with E-state index < -0.39 is 0 Å². The van der Waals surface area contributed by atoms with Gasteiger partial charge in [-0.25, -0.2) is 0 Å². The van der Waals surface area contributed by atoms with Gasteiger partial charge in [-0.3, -0.25) is 0 Å². The molecule has 0 aromatic rings. The minimum absolute atomic E-state index is 0.0216. The molecule has 70 valence electrons. The molecule has 0 amide bonds. The molecule has 1 aliphatic carbocycles. The van der Waals surface area contributed by atoms with Crippen LogP contribution in [0.15, 0.2) is 0 Å². The molecule has 2 heterocycles. The smallest absolute Gasteiger partial charge is 0.0919 e. The van der Waals surface area contributed by atoms with Crippen molar-refractivity contribution in [2.24, 2.45) is 5.92 Å². The monoisotopic (exact) mass is 170 g/mol. The molecular formula is C10H18O2. The highest BCUT2D eigenvalue weighted by molar-refractivity contribution is 5.02. The zero-order valence-corrected chi connectivity index (χ0v) is 8.13. The van der Waals surface area contributed by atoms with Crippen LogP contribution >= 0.6 is 0 Å². The zero-order chi connectivity index (χ0) is 8.98. The van der Waals surface area contributed by atoms with Crippen LogP contribution < -0.4 is 0 Å². The van der Waals surface area contributed by atoms with E-state index >= 15 is 0 Å². The summed E-state index contributed by atoms with van der Waals surface area (Å²) in [5, 5.41) is 9.77. The molecule has 2 heteroatoms. The van der Waals surface area contributed by atoms with Crippen LogP contribution in [0.4, 0.5) is 0 Å². The number of aliphatic hydroxyl groups is 1. The first-order chi connectivity index (χ1) is 5.44. The van der Waals surface area contributed by atoms with Gasteiger partial charge in [-0.1, -0.05) is 0 Å². The maximum atomic E-state index is 9.77. The summed E-state index contributed by atoms with van der Waals surface area (Å²) in [7, 11) is 0. The molecule has 1 unspecified atom stereocenters. The van der Waals surface area contributed by atoms with Gasteiger partial charge in [0.1, 0.15) is 0 Å². The first-order valence-corrected chi connectivity index (χ1v) is 4.82. The fourth-order valence-electron chi connectivity index (χ4n) is 2.70. The highest BCUT2D eigenvalue weighted by atomic mass is 16.5. The van der Waals surface area contributed by atoms with Crippen molar-refractivity contribution in [3.8, 4) is 0 Å². The highest BCUT2D eigenvalue weighted by Gasteiger charge is 2.53. The van der Waals surface area contributed by atoms with Crippen LogP contribution in [0.5, 0.6) is 0 Å². The second-order valence-corrected chi connectivity index (χ2v) is 5.01. The Kier molecular flexibility index (Phi) is 1.59. The van der Waals surface area contributed by atoms with Crippen molar-refractivity contribution in [1.29, 1.82) is 0 Å². The predicted molar refractivity (Wildman–Crippen MR) is 46.9 cm³/mol. The number of rotatable bonds is 0. The van der Waals surface area contributed by atoms with E-state index in [1.54, 1.807) is 0 Å². The lowest BCUT2D eigenvalue weighted by Gasteiger charge is -2.56. The van der Waals surface area contributed by atoms with Crippen molar-refractivity contribution in [3.05, 3.63) is 0 Å². The lowest BCUT2D eigenvalue weighted by atomic mass is 9.67. The van der Waals surface area contributed by atoms with E-state index in [0.717, 1.165) is 12.8 Å². The summed E-state index contributed by atoms with van der Waals surface area (Å²) in [5.41, 5.74) is -0.287. The van der Waals surface area contributed by atoms with E-state index in [1.165, 1.54) is 6.42 Å². The van der Waals surface area contributed by atoms with Crippen LogP contribution in [-0.2, 0) is 4.74 Å². The van der Waals surface area contributed by atoms with Crippen LogP contribution in [0.2, 0.25) is 0 Å². The summed E-state index contributed by atoms with van der Waals surface area (Å²) in [6.07, 6.45) is 2.90. The molecule has 2 aliphatic heterocycles. The van der Waals surface area contributed by atoms with E-state index in [9.17, 15) is 5.11 Å². The standard InChI is InChI=1S/C10H18O2/c1-9(2)7-4-5-10(3,12-9)8(11)6-7/h7-8,11H,4-6H2,1-3H3/t7?,8-,10+/m0/s1. The van der Waals surface area contributed by atoms with Gasteiger partial charge >= 0.3 is 0 Å². The van der Waals surface area contributed by atoms with Gasteiger partial charge in [-0.15, -0.1) is 0 Å². The van der Waals surface area contributed by atoms with Crippen LogP contribution in [0.25, 0.3) is 0 Å². The first-order valence-electron chi connectivity index (χ1n) is 4.82. The van der Waals surface area contributed by atoms with E-state index in [-0.39, 0.29) is 17.3 Å². The van der Waals surface area contributed by atoms with Gasteiger partial charge in [-0.2, -0.15) is 0 Å². The average Bonchev–Trinajstić information content (AvgIpc) is 1.91. The second kappa shape index (κ2) is 2.24. The number of aliphatic hydroxyl groups excluding tert-OH is 1. The normalized spacial score (nSPS) is 51.0. The fourth-order valence-corrected chi connectivity index (χ4v) is 2.70. The van der Waals surface area contributed by atoms with Gasteiger partial charge in [0.15, 0.2) is 0 Å². The van der Waals surface area contributed by atoms with Crippen LogP contribution in [-0.4, -0.2) is 22.4 Å². The van der Waals surface area contributed by atoms with Crippen molar-refractivity contribution in [2.45, 2.75) is 57.3 Å². The summed E-state index contributed by atoms with van der Waals surface area (Å²) in [5.74, 6) is 0.550. The Bertz CT molecular complexity index is 200. The van der Waals surface area contributed by atoms with E-state index in [0.29, 0.717) is 5.92 Å². The summed E-state index contributed by atoms with van der Waals surface area (Å²) in [4.78, 5) is 0. The van der Waals surface area contributed by atoms with Crippen molar-refractivity contribution < 1.29 is 9.84 Å². The number of hydrogen-bond acceptors (Lipinski definition) is 2. The van der Waals surface area contributed by atoms with Crippen LogP contribution in [0, 0.1) is 5.92 Å². The first kappa shape index (κ1) is 8.52. The molecule has 12 heavy (non-hydrogen) atoms. The topological polar surface area (TPSA) is 29.5 Å².